The van der Waals surface area contributed by atoms with Crippen LogP contribution in [-0.2, 0) is 10.8 Å². The molecule has 3 heteroatoms. The highest BCUT2D eigenvalue weighted by Crippen LogP contribution is 2.37. The molecule has 0 unspecified atom stereocenters. The summed E-state index contributed by atoms with van der Waals surface area (Å²) in [4.78, 5) is 2.09. The summed E-state index contributed by atoms with van der Waals surface area (Å²) in [6.07, 6.45) is 0. The van der Waals surface area contributed by atoms with Crippen LogP contribution in [0.4, 0.5) is 21.5 Å². The van der Waals surface area contributed by atoms with Crippen molar-refractivity contribution in [2.75, 3.05) is 4.90 Å². The number of rotatable bonds is 3. The maximum atomic E-state index is 14.3. The molecular formula is C26H29BrFN. The summed E-state index contributed by atoms with van der Waals surface area (Å²) in [5.41, 5.74) is 5.50. The van der Waals surface area contributed by atoms with E-state index >= 15 is 0 Å². The number of hydrogen-bond acceptors (Lipinski definition) is 1. The van der Waals surface area contributed by atoms with Gasteiger partial charge in [0.25, 0.3) is 0 Å². The second-order valence-electron chi connectivity index (χ2n) is 9.53. The summed E-state index contributed by atoms with van der Waals surface area (Å²) in [6.45, 7) is 13.2. The minimum absolute atomic E-state index is 0.0848. The topological polar surface area (TPSA) is 3.24 Å². The molecule has 0 N–H and O–H groups in total. The highest BCUT2D eigenvalue weighted by Gasteiger charge is 2.19. The van der Waals surface area contributed by atoms with Crippen LogP contribution in [-0.4, -0.2) is 0 Å². The molecule has 0 amide bonds. The Morgan fingerprint density at radius 2 is 1.00 bits per heavy atom. The smallest absolute Gasteiger partial charge is 0.139 e. The minimum atomic E-state index is -0.273. The predicted octanol–water partition coefficient (Wildman–Crippen LogP) is 8.65. The quantitative estimate of drug-likeness (QED) is 0.383. The summed E-state index contributed by atoms with van der Waals surface area (Å²) in [6, 6.07) is 22.3. The molecule has 0 aliphatic heterocycles. The average Bonchev–Trinajstić information content (AvgIpc) is 2.64. The van der Waals surface area contributed by atoms with E-state index in [1.165, 1.54) is 11.1 Å². The van der Waals surface area contributed by atoms with Crippen molar-refractivity contribution >= 4 is 33.0 Å². The van der Waals surface area contributed by atoms with Gasteiger partial charge in [-0.25, -0.2) is 4.39 Å². The van der Waals surface area contributed by atoms with Crippen molar-refractivity contribution in [2.45, 2.75) is 52.4 Å². The second-order valence-corrected chi connectivity index (χ2v) is 10.4. The molecule has 0 atom stereocenters. The van der Waals surface area contributed by atoms with Gasteiger partial charge in [-0.05, 0) is 80.4 Å². The van der Waals surface area contributed by atoms with E-state index in [2.05, 4.69) is 111 Å². The van der Waals surface area contributed by atoms with E-state index in [1.807, 2.05) is 6.07 Å². The molecule has 0 fully saturated rings. The molecule has 0 saturated heterocycles. The first kappa shape index (κ1) is 21.6. The van der Waals surface area contributed by atoms with Crippen molar-refractivity contribution in [2.24, 2.45) is 0 Å². The number of nitrogens with zero attached hydrogens (tertiary/aromatic N) is 1. The molecule has 0 aromatic heterocycles. The van der Waals surface area contributed by atoms with Crippen LogP contribution < -0.4 is 4.90 Å². The van der Waals surface area contributed by atoms with Gasteiger partial charge in [0.05, 0.1) is 4.47 Å². The molecule has 0 aliphatic rings. The summed E-state index contributed by atoms with van der Waals surface area (Å²) >= 11 is 3.26. The first-order valence-electron chi connectivity index (χ1n) is 9.93. The van der Waals surface area contributed by atoms with E-state index in [-0.39, 0.29) is 16.6 Å². The van der Waals surface area contributed by atoms with E-state index in [9.17, 15) is 4.39 Å². The first-order chi connectivity index (χ1) is 13.5. The van der Waals surface area contributed by atoms with E-state index in [1.54, 1.807) is 12.1 Å². The lowest BCUT2D eigenvalue weighted by atomic mass is 9.86. The molecule has 1 nitrogen and oxygen atoms in total. The first-order valence-corrected chi connectivity index (χ1v) is 10.7. The monoisotopic (exact) mass is 453 g/mol. The maximum Gasteiger partial charge on any atom is 0.139 e. The molecule has 3 aromatic carbocycles. The van der Waals surface area contributed by atoms with Crippen LogP contribution in [0, 0.1) is 5.82 Å². The molecule has 0 bridgehead atoms. The molecular weight excluding hydrogens is 425 g/mol. The lowest BCUT2D eigenvalue weighted by Gasteiger charge is -2.28. The van der Waals surface area contributed by atoms with Gasteiger partial charge in [0.15, 0.2) is 0 Å². The van der Waals surface area contributed by atoms with Crippen molar-refractivity contribution in [1.29, 1.82) is 0 Å². The molecule has 3 aromatic rings. The van der Waals surface area contributed by atoms with Crippen molar-refractivity contribution < 1.29 is 4.39 Å². The zero-order valence-corrected chi connectivity index (χ0v) is 19.6. The Morgan fingerprint density at radius 1 is 0.621 bits per heavy atom. The highest BCUT2D eigenvalue weighted by atomic mass is 79.9. The predicted molar refractivity (Wildman–Crippen MR) is 126 cm³/mol. The van der Waals surface area contributed by atoms with E-state index in [0.29, 0.717) is 4.47 Å². The molecule has 0 spiro atoms. The summed E-state index contributed by atoms with van der Waals surface area (Å²) in [7, 11) is 0. The molecule has 0 heterocycles. The van der Waals surface area contributed by atoms with Crippen LogP contribution in [0.2, 0.25) is 0 Å². The number of hydrogen-bond donors (Lipinski definition) is 0. The zero-order valence-electron chi connectivity index (χ0n) is 18.1. The molecule has 0 aliphatic carbocycles. The summed E-state index contributed by atoms with van der Waals surface area (Å²) in [5.74, 6) is -0.273. The molecule has 0 saturated carbocycles. The fourth-order valence-electron chi connectivity index (χ4n) is 3.29. The Balaban J connectivity index is 2.10. The van der Waals surface area contributed by atoms with Gasteiger partial charge in [-0.3, -0.25) is 0 Å². The van der Waals surface area contributed by atoms with Gasteiger partial charge in [0.1, 0.15) is 5.82 Å². The van der Waals surface area contributed by atoms with Crippen LogP contribution in [0.1, 0.15) is 52.7 Å². The van der Waals surface area contributed by atoms with Gasteiger partial charge >= 0.3 is 0 Å². The largest absolute Gasteiger partial charge is 0.310 e. The fourth-order valence-corrected chi connectivity index (χ4v) is 3.54. The number of benzene rings is 3. The van der Waals surface area contributed by atoms with Gasteiger partial charge < -0.3 is 4.90 Å². The normalized spacial score (nSPS) is 12.1. The van der Waals surface area contributed by atoms with Crippen LogP contribution in [0.3, 0.4) is 0 Å². The van der Waals surface area contributed by atoms with Crippen molar-refractivity contribution in [3.63, 3.8) is 0 Å². The van der Waals surface area contributed by atoms with Crippen LogP contribution >= 0.6 is 15.9 Å². The lowest BCUT2D eigenvalue weighted by molar-refractivity contribution is 0.590. The van der Waals surface area contributed by atoms with Crippen LogP contribution in [0.25, 0.3) is 0 Å². The van der Waals surface area contributed by atoms with E-state index in [4.69, 9.17) is 0 Å². The number of anilines is 3. The third-order valence-electron chi connectivity index (χ3n) is 5.14. The van der Waals surface area contributed by atoms with Crippen molar-refractivity contribution in [1.82, 2.24) is 0 Å². The van der Waals surface area contributed by atoms with E-state index in [0.717, 1.165) is 17.1 Å². The Kier molecular flexibility index (Phi) is 5.91. The Hall–Kier alpha value is -2.13. The highest BCUT2D eigenvalue weighted by molar-refractivity contribution is 9.10. The van der Waals surface area contributed by atoms with Crippen molar-refractivity contribution in [3.8, 4) is 0 Å². The van der Waals surface area contributed by atoms with Gasteiger partial charge in [0.2, 0.25) is 0 Å². The van der Waals surface area contributed by atoms with E-state index < -0.39 is 0 Å². The summed E-state index contributed by atoms with van der Waals surface area (Å²) < 4.78 is 14.8. The zero-order chi connectivity index (χ0) is 21.4. The Morgan fingerprint density at radius 3 is 1.34 bits per heavy atom. The minimum Gasteiger partial charge on any atom is -0.310 e. The van der Waals surface area contributed by atoms with Crippen molar-refractivity contribution in [3.05, 3.63) is 88.1 Å². The summed E-state index contributed by atoms with van der Waals surface area (Å²) in [5, 5.41) is 0. The molecule has 0 radical (unpaired) electrons. The molecule has 29 heavy (non-hydrogen) atoms. The van der Waals surface area contributed by atoms with Gasteiger partial charge in [-0.2, -0.15) is 0 Å². The Labute approximate surface area is 182 Å². The Bertz CT molecular complexity index is 920. The third-order valence-corrected chi connectivity index (χ3v) is 5.79. The standard InChI is InChI=1S/C26H29BrFN/c1-25(2,3)18-7-11-20(12-8-18)29(22-15-16-23(27)24(28)17-22)21-13-9-19(10-14-21)26(4,5)6/h7-17H,1-6H3. The van der Waals surface area contributed by atoms with Crippen LogP contribution in [0.5, 0.6) is 0 Å². The average molecular weight is 454 g/mol. The maximum absolute atomic E-state index is 14.3. The second kappa shape index (κ2) is 7.95. The fraction of sp³-hybridized carbons (Fsp3) is 0.308. The molecule has 3 rings (SSSR count). The van der Waals surface area contributed by atoms with Gasteiger partial charge in [0, 0.05) is 17.1 Å². The lowest BCUT2D eigenvalue weighted by Crippen LogP contribution is -2.14. The third kappa shape index (κ3) is 4.90. The van der Waals surface area contributed by atoms with Crippen LogP contribution in [0.15, 0.2) is 71.2 Å². The van der Waals surface area contributed by atoms with Gasteiger partial charge in [-0.1, -0.05) is 65.8 Å². The number of halogens is 2. The van der Waals surface area contributed by atoms with Gasteiger partial charge in [-0.15, -0.1) is 0 Å². The molecule has 152 valence electrons. The SMILES string of the molecule is CC(C)(C)c1ccc(N(c2ccc(C(C)(C)C)cc2)c2ccc(Br)c(F)c2)cc1.